The Morgan fingerprint density at radius 3 is 1.45 bits per heavy atom. The molecule has 42 heavy (non-hydrogen) atoms. The Kier molecular flexibility index (Phi) is 11.7. The van der Waals surface area contributed by atoms with Gasteiger partial charge in [0.25, 0.3) is 8.32 Å². The lowest BCUT2D eigenvalue weighted by atomic mass is 10.00. The standard InChI is InChI=1S/C37H47NO3Si/c1-37(2,42(39,33-23-13-7-14-24-33)34-25-15-8-16-26-34)28-18-17-27-35(36(40-3)41-4)38(29-31-19-9-5-10-20-31)30-32-21-11-6-12-22-32/h5-16,19-26,35-36,39H,17-18,27-30H2,1-4H3. The van der Waals surface area contributed by atoms with E-state index in [1.54, 1.807) is 14.2 Å². The molecule has 4 aromatic carbocycles. The van der Waals surface area contributed by atoms with Crippen molar-refractivity contribution in [3.8, 4) is 0 Å². The third-order valence-corrected chi connectivity index (χ3v) is 13.2. The first-order chi connectivity index (χ1) is 20.4. The van der Waals surface area contributed by atoms with Gasteiger partial charge in [0, 0.05) is 27.3 Å². The predicted molar refractivity (Wildman–Crippen MR) is 176 cm³/mol. The Morgan fingerprint density at radius 1 is 0.643 bits per heavy atom. The van der Waals surface area contributed by atoms with Crippen molar-refractivity contribution in [2.45, 2.75) is 70.0 Å². The minimum Gasteiger partial charge on any atom is -0.424 e. The van der Waals surface area contributed by atoms with E-state index in [1.165, 1.54) is 11.1 Å². The van der Waals surface area contributed by atoms with Crippen molar-refractivity contribution in [1.82, 2.24) is 4.90 Å². The van der Waals surface area contributed by atoms with Gasteiger partial charge in [0.15, 0.2) is 6.29 Å². The van der Waals surface area contributed by atoms with Gasteiger partial charge in [-0.25, -0.2) is 0 Å². The number of hydrogen-bond acceptors (Lipinski definition) is 4. The quantitative estimate of drug-likeness (QED) is 0.0901. The molecule has 0 spiro atoms. The summed E-state index contributed by atoms with van der Waals surface area (Å²) >= 11 is 0. The maximum atomic E-state index is 12.6. The minimum absolute atomic E-state index is 0.0721. The number of methoxy groups -OCH3 is 2. The van der Waals surface area contributed by atoms with Crippen LogP contribution in [0, 0.1) is 0 Å². The average Bonchev–Trinajstić information content (AvgIpc) is 3.03. The van der Waals surface area contributed by atoms with Crippen LogP contribution in [0.15, 0.2) is 121 Å². The zero-order valence-corrected chi connectivity index (χ0v) is 26.7. The van der Waals surface area contributed by atoms with Gasteiger partial charge in [0.05, 0.1) is 6.04 Å². The lowest BCUT2D eigenvalue weighted by Crippen LogP contribution is -2.65. The van der Waals surface area contributed by atoms with Crippen LogP contribution in [-0.4, -0.2) is 44.6 Å². The van der Waals surface area contributed by atoms with Crippen LogP contribution in [0.4, 0.5) is 0 Å². The van der Waals surface area contributed by atoms with Crippen LogP contribution in [0.2, 0.25) is 5.04 Å². The number of rotatable bonds is 16. The van der Waals surface area contributed by atoms with Crippen molar-refractivity contribution in [2.24, 2.45) is 0 Å². The van der Waals surface area contributed by atoms with Gasteiger partial charge in [0.1, 0.15) is 0 Å². The summed E-state index contributed by atoms with van der Waals surface area (Å²) in [6, 6.07) is 42.0. The smallest absolute Gasteiger partial charge is 0.258 e. The first-order valence-corrected chi connectivity index (χ1v) is 17.0. The van der Waals surface area contributed by atoms with E-state index in [9.17, 15) is 4.80 Å². The van der Waals surface area contributed by atoms with Gasteiger partial charge in [-0.05, 0) is 39.4 Å². The second-order valence-corrected chi connectivity index (χ2v) is 15.8. The lowest BCUT2D eigenvalue weighted by molar-refractivity contribution is -0.152. The molecule has 4 aromatic rings. The summed E-state index contributed by atoms with van der Waals surface area (Å²) in [5.74, 6) is 0. The highest BCUT2D eigenvalue weighted by molar-refractivity contribution is 6.98. The van der Waals surface area contributed by atoms with Gasteiger partial charge in [-0.2, -0.15) is 0 Å². The summed E-state index contributed by atoms with van der Waals surface area (Å²) < 4.78 is 11.8. The normalized spacial score (nSPS) is 13.0. The molecular formula is C37H47NO3Si. The summed E-state index contributed by atoms with van der Waals surface area (Å²) in [5, 5.41) is 1.87. The molecule has 0 radical (unpaired) electrons. The molecule has 4 rings (SSSR count). The fourth-order valence-corrected chi connectivity index (χ4v) is 10.0. The Morgan fingerprint density at radius 2 is 1.05 bits per heavy atom. The van der Waals surface area contributed by atoms with Crippen molar-refractivity contribution in [1.29, 1.82) is 0 Å². The van der Waals surface area contributed by atoms with E-state index in [0.717, 1.165) is 49.1 Å². The summed E-state index contributed by atoms with van der Waals surface area (Å²) in [6.07, 6.45) is 3.52. The molecule has 0 bridgehead atoms. The van der Waals surface area contributed by atoms with Crippen LogP contribution in [0.25, 0.3) is 0 Å². The van der Waals surface area contributed by atoms with E-state index in [2.05, 4.69) is 104 Å². The molecule has 5 heteroatoms. The number of unbranched alkanes of at least 4 members (excludes halogenated alkanes) is 1. The second-order valence-electron chi connectivity index (χ2n) is 11.9. The van der Waals surface area contributed by atoms with Crippen molar-refractivity contribution in [2.75, 3.05) is 14.2 Å². The molecule has 0 aliphatic rings. The predicted octanol–water partition coefficient (Wildman–Crippen LogP) is 6.77. The highest BCUT2D eigenvalue weighted by atomic mass is 28.4. The van der Waals surface area contributed by atoms with Gasteiger partial charge in [-0.3, -0.25) is 4.90 Å². The molecule has 4 nitrogen and oxygen atoms in total. The molecule has 0 aliphatic carbocycles. The first-order valence-electron chi connectivity index (χ1n) is 15.1. The molecule has 0 saturated carbocycles. The zero-order chi connectivity index (χ0) is 29.8. The van der Waals surface area contributed by atoms with E-state index >= 15 is 0 Å². The van der Waals surface area contributed by atoms with E-state index < -0.39 is 8.32 Å². The number of ether oxygens (including phenoxy) is 2. The van der Waals surface area contributed by atoms with Gasteiger partial charge in [-0.1, -0.05) is 148 Å². The molecule has 0 aromatic heterocycles. The lowest BCUT2D eigenvalue weighted by Gasteiger charge is -2.41. The van der Waals surface area contributed by atoms with E-state index in [-0.39, 0.29) is 17.4 Å². The van der Waals surface area contributed by atoms with Crippen molar-refractivity contribution < 1.29 is 14.3 Å². The highest BCUT2D eigenvalue weighted by Crippen LogP contribution is 2.40. The van der Waals surface area contributed by atoms with Crippen LogP contribution in [0.3, 0.4) is 0 Å². The monoisotopic (exact) mass is 581 g/mol. The Bertz CT molecular complexity index is 1220. The average molecular weight is 582 g/mol. The molecule has 0 saturated heterocycles. The molecule has 1 N–H and O–H groups in total. The van der Waals surface area contributed by atoms with Gasteiger partial charge < -0.3 is 14.3 Å². The molecule has 1 atom stereocenters. The first kappa shape index (κ1) is 31.9. The van der Waals surface area contributed by atoms with Gasteiger partial charge >= 0.3 is 0 Å². The fraction of sp³-hybridized carbons (Fsp3) is 0.351. The highest BCUT2D eigenvalue weighted by Gasteiger charge is 2.49. The van der Waals surface area contributed by atoms with Crippen LogP contribution < -0.4 is 10.4 Å². The van der Waals surface area contributed by atoms with Gasteiger partial charge in [0.2, 0.25) is 0 Å². The van der Waals surface area contributed by atoms with E-state index in [1.807, 2.05) is 36.4 Å². The Balaban J connectivity index is 1.53. The minimum atomic E-state index is -3.03. The zero-order valence-electron chi connectivity index (χ0n) is 25.7. The molecule has 222 valence electrons. The van der Waals surface area contributed by atoms with Crippen LogP contribution in [-0.2, 0) is 22.6 Å². The van der Waals surface area contributed by atoms with Crippen LogP contribution >= 0.6 is 0 Å². The molecular weight excluding hydrogens is 534 g/mol. The van der Waals surface area contributed by atoms with E-state index in [4.69, 9.17) is 9.47 Å². The third kappa shape index (κ3) is 7.85. The third-order valence-electron chi connectivity index (χ3n) is 8.62. The number of nitrogens with zero attached hydrogens (tertiary/aromatic N) is 1. The maximum Gasteiger partial charge on any atom is 0.258 e. The number of benzene rings is 4. The molecule has 1 unspecified atom stereocenters. The molecule has 0 fully saturated rings. The fourth-order valence-electron chi connectivity index (χ4n) is 6.24. The SMILES string of the molecule is COC(OC)C(CCCCC(C)(C)[Si](O)(c1ccccc1)c1ccccc1)N(Cc1ccccc1)Cc1ccccc1. The van der Waals surface area contributed by atoms with Crippen molar-refractivity contribution >= 4 is 18.7 Å². The Hall–Kier alpha value is -3.06. The van der Waals surface area contributed by atoms with Crippen molar-refractivity contribution in [3.05, 3.63) is 132 Å². The van der Waals surface area contributed by atoms with Crippen molar-refractivity contribution in [3.63, 3.8) is 0 Å². The van der Waals surface area contributed by atoms with Crippen LogP contribution in [0.5, 0.6) is 0 Å². The summed E-state index contributed by atoms with van der Waals surface area (Å²) in [7, 11) is 0.444. The summed E-state index contributed by atoms with van der Waals surface area (Å²) in [4.78, 5) is 15.1. The molecule has 0 heterocycles. The Labute approximate surface area is 254 Å². The topological polar surface area (TPSA) is 41.9 Å². The summed E-state index contributed by atoms with van der Waals surface area (Å²) in [6.45, 7) is 6.12. The van der Waals surface area contributed by atoms with Gasteiger partial charge in [-0.15, -0.1) is 0 Å². The largest absolute Gasteiger partial charge is 0.424 e. The summed E-state index contributed by atoms with van der Waals surface area (Å²) in [5.41, 5.74) is 2.54. The van der Waals surface area contributed by atoms with E-state index in [0.29, 0.717) is 0 Å². The van der Waals surface area contributed by atoms with Crippen LogP contribution in [0.1, 0.15) is 50.7 Å². The molecule has 0 aliphatic heterocycles. The number of hydrogen-bond donors (Lipinski definition) is 1. The molecule has 0 amide bonds. The second kappa shape index (κ2) is 15.4. The maximum absolute atomic E-state index is 12.6.